The van der Waals surface area contributed by atoms with Gasteiger partial charge in [-0.25, -0.2) is 9.59 Å². The van der Waals surface area contributed by atoms with E-state index >= 15 is 0 Å². The molecule has 0 aliphatic rings. The minimum Gasteiger partial charge on any atom is -0.493 e. The van der Waals surface area contributed by atoms with Crippen LogP contribution >= 0.6 is 11.6 Å². The van der Waals surface area contributed by atoms with E-state index in [1.807, 2.05) is 0 Å². The van der Waals surface area contributed by atoms with Gasteiger partial charge in [0.1, 0.15) is 6.61 Å². The summed E-state index contributed by atoms with van der Waals surface area (Å²) in [5, 5.41) is 0.592. The molecule has 1 atom stereocenters. The summed E-state index contributed by atoms with van der Waals surface area (Å²) in [6, 6.07) is 12.1. The van der Waals surface area contributed by atoms with Gasteiger partial charge in [-0.15, -0.1) is 0 Å². The normalized spacial score (nSPS) is 11.6. The van der Waals surface area contributed by atoms with Crippen LogP contribution in [-0.2, 0) is 25.5 Å². The van der Waals surface area contributed by atoms with Crippen LogP contribution in [0.4, 0.5) is 0 Å². The summed E-state index contributed by atoms with van der Waals surface area (Å²) in [7, 11) is 3.04. The number of carbonyl (C=O) groups excluding carboxylic acids is 2. The Labute approximate surface area is 180 Å². The zero-order valence-corrected chi connectivity index (χ0v) is 17.6. The summed E-state index contributed by atoms with van der Waals surface area (Å²) in [4.78, 5) is 24.7. The van der Waals surface area contributed by atoms with Crippen molar-refractivity contribution < 1.29 is 28.5 Å². The molecule has 0 spiro atoms. The Hall–Kier alpha value is -3.25. The number of rotatable bonds is 10. The number of hydrogen-bond donors (Lipinski definition) is 0. The van der Waals surface area contributed by atoms with E-state index in [-0.39, 0.29) is 13.0 Å². The number of benzene rings is 2. The van der Waals surface area contributed by atoms with E-state index in [4.69, 9.17) is 30.5 Å². The first-order valence-corrected chi connectivity index (χ1v) is 9.47. The largest absolute Gasteiger partial charge is 0.493 e. The van der Waals surface area contributed by atoms with Crippen LogP contribution in [0.25, 0.3) is 6.08 Å². The molecule has 0 aromatic heterocycles. The molecule has 0 radical (unpaired) electrons. The topological polar surface area (TPSA) is 71.1 Å². The van der Waals surface area contributed by atoms with Crippen LogP contribution in [0.2, 0.25) is 5.02 Å². The molecule has 2 rings (SSSR count). The highest BCUT2D eigenvalue weighted by Gasteiger charge is 2.24. The minimum atomic E-state index is -1.13. The molecular formula is C23H23ClO6. The highest BCUT2D eigenvalue weighted by atomic mass is 35.5. The van der Waals surface area contributed by atoms with Crippen molar-refractivity contribution in [3.63, 3.8) is 0 Å². The third-order valence-electron chi connectivity index (χ3n) is 4.02. The van der Waals surface area contributed by atoms with Gasteiger partial charge >= 0.3 is 11.9 Å². The van der Waals surface area contributed by atoms with E-state index in [0.29, 0.717) is 22.1 Å². The van der Waals surface area contributed by atoms with Crippen LogP contribution in [0, 0.1) is 0 Å². The zero-order valence-electron chi connectivity index (χ0n) is 16.8. The number of carbonyl (C=O) groups is 2. The van der Waals surface area contributed by atoms with Crippen molar-refractivity contribution in [3.05, 3.63) is 77.3 Å². The lowest BCUT2D eigenvalue weighted by Crippen LogP contribution is -2.31. The maximum atomic E-state index is 12.4. The number of hydrogen-bond acceptors (Lipinski definition) is 6. The monoisotopic (exact) mass is 430 g/mol. The Morgan fingerprint density at radius 2 is 1.77 bits per heavy atom. The van der Waals surface area contributed by atoms with Gasteiger partial charge in [-0.05, 0) is 41.5 Å². The Kier molecular flexibility index (Phi) is 8.97. The van der Waals surface area contributed by atoms with Crippen molar-refractivity contribution in [2.24, 2.45) is 0 Å². The lowest BCUT2D eigenvalue weighted by molar-refractivity contribution is -0.164. The third-order valence-corrected chi connectivity index (χ3v) is 4.27. The first-order chi connectivity index (χ1) is 14.5. The molecule has 158 valence electrons. The summed E-state index contributed by atoms with van der Waals surface area (Å²) >= 11 is 5.85. The average molecular weight is 431 g/mol. The minimum absolute atomic E-state index is 0.0133. The van der Waals surface area contributed by atoms with Crippen LogP contribution in [0.3, 0.4) is 0 Å². The standard InChI is InChI=1S/C23H23ClO6/c1-4-13-29-23(26)21(15-17-7-11-19(27-2)20(14-17)28-3)30-22(25)12-8-16-5-9-18(24)10-6-16/h4-12,14,21H,1,13,15H2,2-3H3/b12-8+. The molecule has 0 N–H and O–H groups in total. The Morgan fingerprint density at radius 1 is 1.07 bits per heavy atom. The average Bonchev–Trinajstić information content (AvgIpc) is 2.76. The molecule has 6 nitrogen and oxygen atoms in total. The highest BCUT2D eigenvalue weighted by Crippen LogP contribution is 2.28. The van der Waals surface area contributed by atoms with Crippen LogP contribution in [0.1, 0.15) is 11.1 Å². The highest BCUT2D eigenvalue weighted by molar-refractivity contribution is 6.30. The molecule has 0 heterocycles. The van der Waals surface area contributed by atoms with Crippen molar-refractivity contribution in [3.8, 4) is 11.5 Å². The second kappa shape index (κ2) is 11.7. The van der Waals surface area contributed by atoms with Gasteiger partial charge in [0.25, 0.3) is 0 Å². The van der Waals surface area contributed by atoms with E-state index in [1.165, 1.54) is 26.4 Å². The predicted octanol–water partition coefficient (Wildman–Crippen LogP) is 4.25. The molecule has 0 fully saturated rings. The fourth-order valence-corrected chi connectivity index (χ4v) is 2.67. The second-order valence-electron chi connectivity index (χ2n) is 6.12. The summed E-state index contributed by atoms with van der Waals surface area (Å²) in [5.41, 5.74) is 1.48. The number of esters is 2. The lowest BCUT2D eigenvalue weighted by atomic mass is 10.1. The molecule has 2 aromatic rings. The van der Waals surface area contributed by atoms with Crippen LogP contribution in [0.5, 0.6) is 11.5 Å². The van der Waals surface area contributed by atoms with Gasteiger partial charge < -0.3 is 18.9 Å². The molecule has 0 amide bonds. The molecule has 2 aromatic carbocycles. The van der Waals surface area contributed by atoms with Crippen molar-refractivity contribution in [2.75, 3.05) is 20.8 Å². The van der Waals surface area contributed by atoms with Gasteiger partial charge in [-0.1, -0.05) is 42.5 Å². The lowest BCUT2D eigenvalue weighted by Gasteiger charge is -2.17. The van der Waals surface area contributed by atoms with Gasteiger partial charge in [0.2, 0.25) is 6.10 Å². The van der Waals surface area contributed by atoms with E-state index in [2.05, 4.69) is 6.58 Å². The van der Waals surface area contributed by atoms with Crippen molar-refractivity contribution >= 4 is 29.6 Å². The van der Waals surface area contributed by atoms with Crippen LogP contribution < -0.4 is 9.47 Å². The van der Waals surface area contributed by atoms with Gasteiger partial charge in [0.15, 0.2) is 11.5 Å². The first-order valence-electron chi connectivity index (χ1n) is 9.09. The first kappa shape index (κ1) is 23.0. The van der Waals surface area contributed by atoms with Crippen molar-refractivity contribution in [2.45, 2.75) is 12.5 Å². The zero-order chi connectivity index (χ0) is 21.9. The van der Waals surface area contributed by atoms with E-state index in [9.17, 15) is 9.59 Å². The fourth-order valence-electron chi connectivity index (χ4n) is 2.55. The summed E-state index contributed by atoms with van der Waals surface area (Å²) < 4.78 is 20.9. The Morgan fingerprint density at radius 3 is 2.40 bits per heavy atom. The maximum absolute atomic E-state index is 12.4. The summed E-state index contributed by atoms with van der Waals surface area (Å²) in [6.45, 7) is 3.53. The molecule has 0 bridgehead atoms. The van der Waals surface area contributed by atoms with Gasteiger partial charge in [0.05, 0.1) is 14.2 Å². The maximum Gasteiger partial charge on any atom is 0.348 e. The van der Waals surface area contributed by atoms with Crippen molar-refractivity contribution in [1.29, 1.82) is 0 Å². The molecule has 0 aliphatic heterocycles. The van der Waals surface area contributed by atoms with Gasteiger partial charge in [0, 0.05) is 17.5 Å². The Balaban J connectivity index is 2.14. The molecule has 30 heavy (non-hydrogen) atoms. The van der Waals surface area contributed by atoms with Gasteiger partial charge in [-0.2, -0.15) is 0 Å². The van der Waals surface area contributed by atoms with E-state index < -0.39 is 18.0 Å². The van der Waals surface area contributed by atoms with E-state index in [1.54, 1.807) is 48.5 Å². The Bertz CT molecular complexity index is 904. The second-order valence-corrected chi connectivity index (χ2v) is 6.56. The summed E-state index contributed by atoms with van der Waals surface area (Å²) in [6.07, 6.45) is 3.22. The molecule has 0 aliphatic carbocycles. The number of ether oxygens (including phenoxy) is 4. The number of methoxy groups -OCH3 is 2. The van der Waals surface area contributed by atoms with Crippen LogP contribution in [0.15, 0.2) is 61.2 Å². The van der Waals surface area contributed by atoms with Crippen molar-refractivity contribution in [1.82, 2.24) is 0 Å². The van der Waals surface area contributed by atoms with Gasteiger partial charge in [-0.3, -0.25) is 0 Å². The summed E-state index contributed by atoms with van der Waals surface area (Å²) in [5.74, 6) is -0.291. The number of halogens is 1. The molecule has 7 heteroatoms. The molecule has 0 saturated carbocycles. The molecular weight excluding hydrogens is 408 g/mol. The smallest absolute Gasteiger partial charge is 0.348 e. The third kappa shape index (κ3) is 6.97. The quantitative estimate of drug-likeness (QED) is 0.319. The predicted molar refractivity (Wildman–Crippen MR) is 115 cm³/mol. The molecule has 0 saturated heterocycles. The van der Waals surface area contributed by atoms with Crippen LogP contribution in [-0.4, -0.2) is 38.9 Å². The van der Waals surface area contributed by atoms with E-state index in [0.717, 1.165) is 5.56 Å². The SMILES string of the molecule is C=CCOC(=O)C(Cc1ccc(OC)c(OC)c1)OC(=O)/C=C/c1ccc(Cl)cc1. The fraction of sp³-hybridized carbons (Fsp3) is 0.217. The molecule has 1 unspecified atom stereocenters.